The molecule has 0 amide bonds. The van der Waals surface area contributed by atoms with Gasteiger partial charge in [0.15, 0.2) is 5.65 Å². The van der Waals surface area contributed by atoms with Crippen LogP contribution in [0.15, 0.2) is 12.3 Å². The summed E-state index contributed by atoms with van der Waals surface area (Å²) in [6, 6.07) is 1.87. The van der Waals surface area contributed by atoms with Gasteiger partial charge in [-0.2, -0.15) is 0 Å². The predicted octanol–water partition coefficient (Wildman–Crippen LogP) is 2.62. The van der Waals surface area contributed by atoms with Crippen LogP contribution in [0.1, 0.15) is 29.9 Å². The second-order valence-corrected chi connectivity index (χ2v) is 4.34. The lowest BCUT2D eigenvalue weighted by atomic mass is 10.2. The van der Waals surface area contributed by atoms with E-state index in [9.17, 15) is 0 Å². The maximum absolute atomic E-state index is 6.13. The zero-order chi connectivity index (χ0) is 11.2. The number of halogens is 1. The van der Waals surface area contributed by atoms with Crippen molar-refractivity contribution >= 4 is 17.2 Å². The van der Waals surface area contributed by atoms with E-state index in [2.05, 4.69) is 4.98 Å². The molecule has 0 saturated carbocycles. The average Bonchev–Trinajstić information content (AvgIpc) is 2.41. The number of rotatable bonds is 1. The van der Waals surface area contributed by atoms with Crippen LogP contribution < -0.4 is 5.73 Å². The molecule has 1 unspecified atom stereocenters. The number of pyridine rings is 1. The van der Waals surface area contributed by atoms with Gasteiger partial charge in [-0.25, -0.2) is 4.98 Å². The second-order valence-electron chi connectivity index (χ2n) is 3.93. The van der Waals surface area contributed by atoms with Gasteiger partial charge in [-0.15, -0.1) is 0 Å². The number of aryl methyl sites for hydroxylation is 2. The normalized spacial score (nSPS) is 13.4. The van der Waals surface area contributed by atoms with E-state index in [1.54, 1.807) is 0 Å². The standard InChI is InChI=1S/C11H14ClN3/c1-6-4-9(12)11-14-8(3)10(7(2)13)15(11)5-6/h4-5,7H,13H2,1-3H3. The largest absolute Gasteiger partial charge is 0.323 e. The third-order valence-electron chi connectivity index (χ3n) is 2.46. The summed E-state index contributed by atoms with van der Waals surface area (Å²) in [6.07, 6.45) is 2.01. The molecule has 0 bridgehead atoms. The quantitative estimate of drug-likeness (QED) is 0.808. The van der Waals surface area contributed by atoms with Gasteiger partial charge in [0.25, 0.3) is 0 Å². The van der Waals surface area contributed by atoms with Crippen molar-refractivity contribution in [1.82, 2.24) is 9.38 Å². The lowest BCUT2D eigenvalue weighted by Crippen LogP contribution is -2.09. The van der Waals surface area contributed by atoms with Gasteiger partial charge in [-0.1, -0.05) is 11.6 Å². The van der Waals surface area contributed by atoms with Crippen LogP contribution in [-0.2, 0) is 0 Å². The van der Waals surface area contributed by atoms with Gasteiger partial charge in [0.05, 0.1) is 16.4 Å². The van der Waals surface area contributed by atoms with Crippen LogP contribution in [0, 0.1) is 13.8 Å². The van der Waals surface area contributed by atoms with Crippen molar-refractivity contribution in [1.29, 1.82) is 0 Å². The van der Waals surface area contributed by atoms with Gasteiger partial charge in [0.2, 0.25) is 0 Å². The number of fused-ring (bicyclic) bond motifs is 1. The number of hydrogen-bond donors (Lipinski definition) is 1. The fourth-order valence-electron chi connectivity index (χ4n) is 1.91. The molecular weight excluding hydrogens is 210 g/mol. The molecule has 2 aromatic rings. The fraction of sp³-hybridized carbons (Fsp3) is 0.364. The SMILES string of the molecule is Cc1cc(Cl)c2nc(C)c(C(C)N)n2c1. The van der Waals surface area contributed by atoms with E-state index in [1.165, 1.54) is 0 Å². The third-order valence-corrected chi connectivity index (χ3v) is 2.74. The highest BCUT2D eigenvalue weighted by Gasteiger charge is 2.14. The summed E-state index contributed by atoms with van der Waals surface area (Å²) < 4.78 is 1.98. The molecule has 0 aliphatic heterocycles. The molecule has 2 rings (SSSR count). The Morgan fingerprint density at radius 3 is 2.73 bits per heavy atom. The highest BCUT2D eigenvalue weighted by atomic mass is 35.5. The number of imidazole rings is 1. The Balaban J connectivity index is 2.86. The number of nitrogens with two attached hydrogens (primary N) is 1. The Morgan fingerprint density at radius 1 is 1.47 bits per heavy atom. The average molecular weight is 224 g/mol. The first-order valence-corrected chi connectivity index (χ1v) is 5.28. The van der Waals surface area contributed by atoms with Crippen molar-refractivity contribution in [3.05, 3.63) is 34.2 Å². The van der Waals surface area contributed by atoms with Gasteiger partial charge >= 0.3 is 0 Å². The lowest BCUT2D eigenvalue weighted by Gasteiger charge is -2.07. The zero-order valence-electron chi connectivity index (χ0n) is 9.08. The molecule has 1 atom stereocenters. The highest BCUT2D eigenvalue weighted by molar-refractivity contribution is 6.33. The van der Waals surface area contributed by atoms with E-state index in [0.29, 0.717) is 5.02 Å². The number of aromatic nitrogens is 2. The third kappa shape index (κ3) is 1.62. The van der Waals surface area contributed by atoms with Crippen LogP contribution in [0.2, 0.25) is 5.02 Å². The molecule has 2 heterocycles. The minimum Gasteiger partial charge on any atom is -0.323 e. The second kappa shape index (κ2) is 3.51. The van der Waals surface area contributed by atoms with E-state index >= 15 is 0 Å². The summed E-state index contributed by atoms with van der Waals surface area (Å²) >= 11 is 6.13. The topological polar surface area (TPSA) is 43.3 Å². The number of nitrogens with zero attached hydrogens (tertiary/aromatic N) is 2. The van der Waals surface area contributed by atoms with Gasteiger partial charge in [-0.3, -0.25) is 0 Å². The Bertz CT molecular complexity index is 514. The molecule has 80 valence electrons. The van der Waals surface area contributed by atoms with Crippen molar-refractivity contribution in [3.8, 4) is 0 Å². The molecule has 0 spiro atoms. The minimum absolute atomic E-state index is 0.0436. The van der Waals surface area contributed by atoms with E-state index in [-0.39, 0.29) is 6.04 Å². The molecule has 0 fully saturated rings. The Hall–Kier alpha value is -1.06. The minimum atomic E-state index is -0.0436. The van der Waals surface area contributed by atoms with E-state index < -0.39 is 0 Å². The van der Waals surface area contributed by atoms with Crippen LogP contribution in [0.4, 0.5) is 0 Å². The van der Waals surface area contributed by atoms with Gasteiger partial charge in [0, 0.05) is 12.2 Å². The van der Waals surface area contributed by atoms with Gasteiger partial charge < -0.3 is 10.1 Å². The summed E-state index contributed by atoms with van der Waals surface area (Å²) in [5.74, 6) is 0. The van der Waals surface area contributed by atoms with Crippen molar-refractivity contribution in [3.63, 3.8) is 0 Å². The van der Waals surface area contributed by atoms with Crippen molar-refractivity contribution in [2.24, 2.45) is 5.73 Å². The van der Waals surface area contributed by atoms with Crippen molar-refractivity contribution in [2.45, 2.75) is 26.8 Å². The maximum Gasteiger partial charge on any atom is 0.156 e. The van der Waals surface area contributed by atoms with Gasteiger partial charge in [0.1, 0.15) is 0 Å². The van der Waals surface area contributed by atoms with E-state index in [0.717, 1.165) is 22.6 Å². The summed E-state index contributed by atoms with van der Waals surface area (Å²) in [6.45, 7) is 5.91. The molecule has 0 aromatic carbocycles. The molecule has 15 heavy (non-hydrogen) atoms. The first kappa shape index (κ1) is 10.5. The summed E-state index contributed by atoms with van der Waals surface area (Å²) in [7, 11) is 0. The smallest absolute Gasteiger partial charge is 0.156 e. The molecule has 2 N–H and O–H groups in total. The molecule has 3 nitrogen and oxygen atoms in total. The summed E-state index contributed by atoms with van der Waals surface area (Å²) in [5, 5.41) is 0.671. The molecule has 0 aliphatic carbocycles. The van der Waals surface area contributed by atoms with Crippen LogP contribution in [0.3, 0.4) is 0 Å². The first-order valence-electron chi connectivity index (χ1n) is 4.91. The number of hydrogen-bond acceptors (Lipinski definition) is 2. The van der Waals surface area contributed by atoms with E-state index in [1.807, 2.05) is 37.4 Å². The predicted molar refractivity (Wildman–Crippen MR) is 62.3 cm³/mol. The Kier molecular flexibility index (Phi) is 2.44. The Morgan fingerprint density at radius 2 is 2.13 bits per heavy atom. The van der Waals surface area contributed by atoms with Gasteiger partial charge in [-0.05, 0) is 32.4 Å². The lowest BCUT2D eigenvalue weighted by molar-refractivity contribution is 0.760. The van der Waals surface area contributed by atoms with Crippen LogP contribution in [0.5, 0.6) is 0 Å². The van der Waals surface area contributed by atoms with Crippen LogP contribution in [-0.4, -0.2) is 9.38 Å². The first-order chi connectivity index (χ1) is 7.00. The summed E-state index contributed by atoms with van der Waals surface area (Å²) in [5.41, 5.74) is 9.77. The molecule has 0 aliphatic rings. The monoisotopic (exact) mass is 223 g/mol. The zero-order valence-corrected chi connectivity index (χ0v) is 9.84. The Labute approximate surface area is 93.9 Å². The molecule has 0 saturated heterocycles. The van der Waals surface area contributed by atoms with Crippen molar-refractivity contribution in [2.75, 3.05) is 0 Å². The van der Waals surface area contributed by atoms with E-state index in [4.69, 9.17) is 17.3 Å². The molecule has 2 aromatic heterocycles. The molecular formula is C11H14ClN3. The van der Waals surface area contributed by atoms with Crippen molar-refractivity contribution < 1.29 is 0 Å². The summed E-state index contributed by atoms with van der Waals surface area (Å²) in [4.78, 5) is 4.43. The maximum atomic E-state index is 6.13. The fourth-order valence-corrected chi connectivity index (χ4v) is 2.22. The van der Waals surface area contributed by atoms with Crippen LogP contribution in [0.25, 0.3) is 5.65 Å². The highest BCUT2D eigenvalue weighted by Crippen LogP contribution is 2.24. The molecule has 4 heteroatoms. The van der Waals surface area contributed by atoms with Crippen LogP contribution >= 0.6 is 11.6 Å². The molecule has 0 radical (unpaired) electrons.